The van der Waals surface area contributed by atoms with Crippen molar-refractivity contribution in [2.24, 2.45) is 5.41 Å². The van der Waals surface area contributed by atoms with Gasteiger partial charge >= 0.3 is 0 Å². The molecule has 4 aromatic rings. The van der Waals surface area contributed by atoms with Crippen LogP contribution in [0.3, 0.4) is 0 Å². The van der Waals surface area contributed by atoms with Crippen LogP contribution in [0.5, 0.6) is 0 Å². The number of nitrogens with zero attached hydrogens (tertiary/aromatic N) is 2. The molecule has 2 heterocycles. The Balaban J connectivity index is 1.17. The fraction of sp³-hybridized carbons (Fsp3) is 0.250. The zero-order valence-corrected chi connectivity index (χ0v) is 24.4. The Morgan fingerprint density at radius 1 is 0.818 bits per heavy atom. The van der Waals surface area contributed by atoms with Gasteiger partial charge in [-0.05, 0) is 77.8 Å². The molecule has 6 rings (SSSR count). The van der Waals surface area contributed by atoms with Gasteiger partial charge in [-0.15, -0.1) is 0 Å². The fourth-order valence-electron chi connectivity index (χ4n) is 6.48. The lowest BCUT2D eigenvalue weighted by molar-refractivity contribution is -0.242. The van der Waals surface area contributed by atoms with E-state index in [1.807, 2.05) is 82.6 Å². The maximum atomic E-state index is 13.9. The third-order valence-electron chi connectivity index (χ3n) is 8.80. The van der Waals surface area contributed by atoms with Gasteiger partial charge in [-0.3, -0.25) is 19.6 Å². The van der Waals surface area contributed by atoms with Crippen LogP contribution in [0.15, 0.2) is 103 Å². The number of rotatable bonds is 7. The summed E-state index contributed by atoms with van der Waals surface area (Å²) < 4.78 is 0. The summed E-state index contributed by atoms with van der Waals surface area (Å²) in [5.74, 6) is -0.354. The molecule has 2 aliphatic rings. The lowest BCUT2D eigenvalue weighted by Gasteiger charge is -2.28. The Morgan fingerprint density at radius 2 is 1.52 bits per heavy atom. The number of anilines is 2. The predicted octanol–water partition coefficient (Wildman–Crippen LogP) is 6.30. The van der Waals surface area contributed by atoms with Crippen molar-refractivity contribution in [2.45, 2.75) is 25.7 Å². The minimum absolute atomic E-state index is 0.0170. The molecule has 8 heteroatoms. The Morgan fingerprint density at radius 3 is 2.32 bits per heavy atom. The SMILES string of the molecule is O=C(Nc1ccc(C(=O)N2CCC3(CCN(C(=O)CCOO)C3)Cc3ccccc32)cc1)c1ccccc1-c1ccccc1. The molecule has 1 unspecified atom stereocenters. The number of benzene rings is 4. The third-order valence-corrected chi connectivity index (χ3v) is 8.80. The van der Waals surface area contributed by atoms with Gasteiger partial charge in [-0.1, -0.05) is 66.7 Å². The van der Waals surface area contributed by atoms with E-state index in [2.05, 4.69) is 16.3 Å². The molecule has 0 aromatic heterocycles. The van der Waals surface area contributed by atoms with E-state index in [9.17, 15) is 14.4 Å². The molecule has 8 nitrogen and oxygen atoms in total. The summed E-state index contributed by atoms with van der Waals surface area (Å²) in [4.78, 5) is 47.6. The lowest BCUT2D eigenvalue weighted by atomic mass is 9.78. The minimum Gasteiger partial charge on any atom is -0.342 e. The first-order valence-corrected chi connectivity index (χ1v) is 15.0. The van der Waals surface area contributed by atoms with Crippen molar-refractivity contribution in [1.82, 2.24) is 4.90 Å². The molecule has 1 saturated heterocycles. The van der Waals surface area contributed by atoms with Crippen molar-refractivity contribution in [3.05, 3.63) is 120 Å². The molecule has 0 saturated carbocycles. The van der Waals surface area contributed by atoms with Crippen LogP contribution in [0.2, 0.25) is 0 Å². The molecular formula is C36H35N3O5. The standard InChI is InChI=1S/C36H35N3O5/c40-33(18-23-44-43)38-21-19-36(25-38)20-22-39(32-13-7-4-10-28(32)24-36)35(42)27-14-16-29(17-15-27)37-34(41)31-12-6-5-11-30(31)26-8-2-1-3-9-26/h1-17,43H,18-25H2,(H,37,41). The molecule has 2 aliphatic heterocycles. The molecule has 1 spiro atoms. The number of hydrogen-bond donors (Lipinski definition) is 2. The highest BCUT2D eigenvalue weighted by Gasteiger charge is 2.42. The van der Waals surface area contributed by atoms with Gasteiger partial charge in [0.25, 0.3) is 11.8 Å². The first-order chi connectivity index (χ1) is 21.5. The van der Waals surface area contributed by atoms with Crippen LogP contribution in [0, 0.1) is 5.41 Å². The van der Waals surface area contributed by atoms with E-state index in [1.165, 1.54) is 0 Å². The van der Waals surface area contributed by atoms with Crippen molar-refractivity contribution in [3.63, 3.8) is 0 Å². The van der Waals surface area contributed by atoms with Crippen LogP contribution in [0.25, 0.3) is 11.1 Å². The molecular weight excluding hydrogens is 554 g/mol. The first-order valence-electron chi connectivity index (χ1n) is 15.0. The molecule has 224 valence electrons. The largest absolute Gasteiger partial charge is 0.342 e. The summed E-state index contributed by atoms with van der Waals surface area (Å²) in [6.45, 7) is 1.79. The smallest absolute Gasteiger partial charge is 0.258 e. The maximum Gasteiger partial charge on any atom is 0.258 e. The average molecular weight is 590 g/mol. The van der Waals surface area contributed by atoms with E-state index in [0.717, 1.165) is 41.6 Å². The predicted molar refractivity (Wildman–Crippen MR) is 170 cm³/mol. The number of carbonyl (C=O) groups is 3. The summed E-state index contributed by atoms with van der Waals surface area (Å²) in [7, 11) is 0. The number of amides is 3. The van der Waals surface area contributed by atoms with Crippen molar-refractivity contribution < 1.29 is 24.5 Å². The number of fused-ring (bicyclic) bond motifs is 1. The zero-order valence-electron chi connectivity index (χ0n) is 24.4. The highest BCUT2D eigenvalue weighted by atomic mass is 17.1. The first kappa shape index (κ1) is 29.3. The van der Waals surface area contributed by atoms with Crippen molar-refractivity contribution in [2.75, 3.05) is 36.5 Å². The summed E-state index contributed by atoms with van der Waals surface area (Å²) in [6, 6.07) is 32.3. The number of nitrogens with one attached hydrogen (secondary N) is 1. The van der Waals surface area contributed by atoms with Crippen LogP contribution in [0.1, 0.15) is 45.5 Å². The summed E-state index contributed by atoms with van der Waals surface area (Å²) in [5.41, 5.74) is 5.39. The Labute approximate surface area is 256 Å². The Kier molecular flexibility index (Phi) is 8.54. The van der Waals surface area contributed by atoms with Crippen LogP contribution in [0.4, 0.5) is 11.4 Å². The minimum atomic E-state index is -0.219. The van der Waals surface area contributed by atoms with Crippen LogP contribution in [-0.4, -0.2) is 54.1 Å². The molecule has 2 N–H and O–H groups in total. The van der Waals surface area contributed by atoms with Crippen LogP contribution >= 0.6 is 0 Å². The quantitative estimate of drug-likeness (QED) is 0.195. The normalized spacial score (nSPS) is 17.7. The second kappa shape index (κ2) is 12.8. The molecule has 3 amide bonds. The van der Waals surface area contributed by atoms with Crippen molar-refractivity contribution >= 4 is 29.1 Å². The van der Waals surface area contributed by atoms with Crippen LogP contribution < -0.4 is 10.2 Å². The number of para-hydroxylation sites is 1. The second-order valence-electron chi connectivity index (χ2n) is 11.6. The second-order valence-corrected chi connectivity index (χ2v) is 11.6. The monoisotopic (exact) mass is 589 g/mol. The number of carbonyl (C=O) groups excluding carboxylic acids is 3. The molecule has 0 aliphatic carbocycles. The summed E-state index contributed by atoms with van der Waals surface area (Å²) in [5, 5.41) is 11.6. The van der Waals surface area contributed by atoms with E-state index in [4.69, 9.17) is 5.26 Å². The summed E-state index contributed by atoms with van der Waals surface area (Å²) >= 11 is 0. The fourth-order valence-corrected chi connectivity index (χ4v) is 6.48. The molecule has 0 radical (unpaired) electrons. The van der Waals surface area contributed by atoms with E-state index >= 15 is 0 Å². The highest BCUT2D eigenvalue weighted by molar-refractivity contribution is 6.10. The summed E-state index contributed by atoms with van der Waals surface area (Å²) in [6.07, 6.45) is 2.55. The lowest BCUT2D eigenvalue weighted by Crippen LogP contribution is -2.36. The van der Waals surface area contributed by atoms with Gasteiger partial charge in [0.1, 0.15) is 0 Å². The number of likely N-dealkylation sites (tertiary alicyclic amines) is 1. The maximum absolute atomic E-state index is 13.9. The molecule has 44 heavy (non-hydrogen) atoms. The van der Waals surface area contributed by atoms with E-state index in [0.29, 0.717) is 36.4 Å². The average Bonchev–Trinajstić information content (AvgIpc) is 3.41. The highest BCUT2D eigenvalue weighted by Crippen LogP contribution is 2.43. The Bertz CT molecular complexity index is 1660. The number of hydrogen-bond acceptors (Lipinski definition) is 5. The van der Waals surface area contributed by atoms with Gasteiger partial charge in [0, 0.05) is 42.1 Å². The van der Waals surface area contributed by atoms with E-state index < -0.39 is 0 Å². The van der Waals surface area contributed by atoms with Gasteiger partial charge in [-0.25, -0.2) is 4.89 Å². The van der Waals surface area contributed by atoms with Gasteiger partial charge in [0.05, 0.1) is 13.0 Å². The van der Waals surface area contributed by atoms with E-state index in [1.54, 1.807) is 24.3 Å². The van der Waals surface area contributed by atoms with Gasteiger partial charge < -0.3 is 15.1 Å². The van der Waals surface area contributed by atoms with Gasteiger partial charge in [0.2, 0.25) is 5.91 Å². The molecule has 4 aromatic carbocycles. The van der Waals surface area contributed by atoms with Gasteiger partial charge in [-0.2, -0.15) is 0 Å². The van der Waals surface area contributed by atoms with Crippen molar-refractivity contribution in [1.29, 1.82) is 0 Å². The molecule has 1 atom stereocenters. The van der Waals surface area contributed by atoms with Crippen LogP contribution in [-0.2, 0) is 16.1 Å². The van der Waals surface area contributed by atoms with Crippen molar-refractivity contribution in [3.8, 4) is 11.1 Å². The molecule has 0 bridgehead atoms. The Hall–Kier alpha value is -4.79. The topological polar surface area (TPSA) is 99.2 Å². The van der Waals surface area contributed by atoms with E-state index in [-0.39, 0.29) is 36.2 Å². The molecule has 1 fully saturated rings. The van der Waals surface area contributed by atoms with Gasteiger partial charge in [0.15, 0.2) is 0 Å². The zero-order chi connectivity index (χ0) is 30.5. The third kappa shape index (κ3) is 6.13.